The van der Waals surface area contributed by atoms with Crippen molar-refractivity contribution >= 4 is 5.97 Å². The summed E-state index contributed by atoms with van der Waals surface area (Å²) in [4.78, 5) is 10.9. The summed E-state index contributed by atoms with van der Waals surface area (Å²) in [6.07, 6.45) is 2.53. The van der Waals surface area contributed by atoms with Crippen LogP contribution in [-0.4, -0.2) is 22.3 Å². The molecular formula is C11H18N2O3. The number of nitrogens with zero attached hydrogens (tertiary/aromatic N) is 1. The molecule has 1 unspecified atom stereocenters. The summed E-state index contributed by atoms with van der Waals surface area (Å²) >= 11 is 0. The first kappa shape index (κ1) is 12.7. The number of aromatic nitrogens is 1. The van der Waals surface area contributed by atoms with E-state index in [-0.39, 0.29) is 0 Å². The molecule has 1 aromatic heterocycles. The van der Waals surface area contributed by atoms with Gasteiger partial charge in [0.15, 0.2) is 5.76 Å². The maximum Gasteiger partial charge on any atom is 0.320 e. The number of aliphatic carboxylic acids is 1. The van der Waals surface area contributed by atoms with Crippen LogP contribution in [0.2, 0.25) is 0 Å². The van der Waals surface area contributed by atoms with Crippen LogP contribution in [0.1, 0.15) is 37.6 Å². The molecule has 1 aromatic rings. The Labute approximate surface area is 94.8 Å². The molecule has 0 saturated heterocycles. The third kappa shape index (κ3) is 4.02. The first-order valence-corrected chi connectivity index (χ1v) is 5.52. The Morgan fingerprint density at radius 1 is 1.69 bits per heavy atom. The molecule has 1 rings (SSSR count). The smallest absolute Gasteiger partial charge is 0.320 e. The van der Waals surface area contributed by atoms with Crippen molar-refractivity contribution in [3.05, 3.63) is 17.5 Å². The first-order chi connectivity index (χ1) is 7.63. The highest BCUT2D eigenvalue weighted by Crippen LogP contribution is 2.05. The van der Waals surface area contributed by atoms with E-state index in [1.54, 1.807) is 6.07 Å². The van der Waals surface area contributed by atoms with Crippen LogP contribution in [0.15, 0.2) is 10.6 Å². The van der Waals surface area contributed by atoms with E-state index >= 15 is 0 Å². The molecule has 0 aromatic carbocycles. The van der Waals surface area contributed by atoms with E-state index in [0.717, 1.165) is 18.5 Å². The van der Waals surface area contributed by atoms with Gasteiger partial charge in [0.25, 0.3) is 0 Å². The Morgan fingerprint density at radius 3 is 2.94 bits per heavy atom. The Hall–Kier alpha value is -1.36. The molecule has 90 valence electrons. The van der Waals surface area contributed by atoms with Crippen LogP contribution in [0.5, 0.6) is 0 Å². The molecule has 0 aliphatic heterocycles. The van der Waals surface area contributed by atoms with Gasteiger partial charge in [0.2, 0.25) is 0 Å². The van der Waals surface area contributed by atoms with E-state index in [9.17, 15) is 4.79 Å². The Balaban J connectivity index is 2.40. The van der Waals surface area contributed by atoms with E-state index in [4.69, 9.17) is 9.63 Å². The van der Waals surface area contributed by atoms with Gasteiger partial charge in [-0.05, 0) is 13.3 Å². The van der Waals surface area contributed by atoms with Crippen molar-refractivity contribution < 1.29 is 14.4 Å². The average Bonchev–Trinajstić information content (AvgIpc) is 2.64. The zero-order chi connectivity index (χ0) is 12.0. The molecule has 0 fully saturated rings. The van der Waals surface area contributed by atoms with Crippen LogP contribution < -0.4 is 5.32 Å². The lowest BCUT2D eigenvalue weighted by Gasteiger charge is -2.12. The maximum atomic E-state index is 10.9. The van der Waals surface area contributed by atoms with Crippen molar-refractivity contribution in [2.75, 3.05) is 0 Å². The van der Waals surface area contributed by atoms with Crippen LogP contribution in [0, 0.1) is 6.92 Å². The van der Waals surface area contributed by atoms with Gasteiger partial charge in [0.05, 0.1) is 12.2 Å². The molecule has 0 radical (unpaired) electrons. The number of aryl methyl sites for hydroxylation is 1. The molecule has 2 N–H and O–H groups in total. The normalized spacial score (nSPS) is 12.6. The van der Waals surface area contributed by atoms with Gasteiger partial charge in [0.1, 0.15) is 6.04 Å². The molecule has 1 atom stereocenters. The molecule has 5 nitrogen and oxygen atoms in total. The summed E-state index contributed by atoms with van der Waals surface area (Å²) < 4.78 is 4.99. The summed E-state index contributed by atoms with van der Waals surface area (Å²) in [7, 11) is 0. The van der Waals surface area contributed by atoms with Crippen molar-refractivity contribution in [3.8, 4) is 0 Å². The lowest BCUT2D eigenvalue weighted by molar-refractivity contribution is -0.139. The molecule has 0 aliphatic carbocycles. The molecule has 0 spiro atoms. The fourth-order valence-corrected chi connectivity index (χ4v) is 1.44. The van der Waals surface area contributed by atoms with E-state index in [0.29, 0.717) is 18.7 Å². The third-order valence-electron chi connectivity index (χ3n) is 2.34. The van der Waals surface area contributed by atoms with Crippen LogP contribution in [0.4, 0.5) is 0 Å². The molecule has 0 saturated carbocycles. The van der Waals surface area contributed by atoms with Gasteiger partial charge < -0.3 is 9.63 Å². The van der Waals surface area contributed by atoms with Crippen molar-refractivity contribution in [1.82, 2.24) is 10.5 Å². The van der Waals surface area contributed by atoms with Gasteiger partial charge in [0, 0.05) is 6.07 Å². The third-order valence-corrected chi connectivity index (χ3v) is 2.34. The van der Waals surface area contributed by atoms with Crippen LogP contribution in [0.25, 0.3) is 0 Å². The molecule has 16 heavy (non-hydrogen) atoms. The zero-order valence-electron chi connectivity index (χ0n) is 9.69. The molecule has 0 aliphatic rings. The highest BCUT2D eigenvalue weighted by atomic mass is 16.5. The standard InChI is InChI=1S/C11H18N2O3/c1-3-4-5-10(11(14)15)12-7-9-6-8(2)13-16-9/h6,10,12H,3-5,7H2,1-2H3,(H,14,15). The molecule has 5 heteroatoms. The summed E-state index contributed by atoms with van der Waals surface area (Å²) in [5.74, 6) is -0.148. The first-order valence-electron chi connectivity index (χ1n) is 5.52. The number of hydrogen-bond donors (Lipinski definition) is 2. The van der Waals surface area contributed by atoms with Crippen LogP contribution in [-0.2, 0) is 11.3 Å². The van der Waals surface area contributed by atoms with Crippen LogP contribution >= 0.6 is 0 Å². The topological polar surface area (TPSA) is 75.4 Å². The molecule has 1 heterocycles. The Bertz CT molecular complexity index is 336. The predicted octanol–water partition coefficient (Wildman–Crippen LogP) is 1.72. The lowest BCUT2D eigenvalue weighted by Crippen LogP contribution is -2.36. The van der Waals surface area contributed by atoms with E-state index in [1.165, 1.54) is 0 Å². The van der Waals surface area contributed by atoms with Crippen molar-refractivity contribution in [2.24, 2.45) is 0 Å². The minimum Gasteiger partial charge on any atom is -0.480 e. The maximum absolute atomic E-state index is 10.9. The number of carboxylic acids is 1. The Kier molecular flexibility index (Phi) is 4.98. The number of nitrogens with one attached hydrogen (secondary N) is 1. The summed E-state index contributed by atoms with van der Waals surface area (Å²) in [5, 5.41) is 15.7. The number of carbonyl (C=O) groups is 1. The molecular weight excluding hydrogens is 208 g/mol. The number of carboxylic acid groups (broad SMARTS) is 1. The fraction of sp³-hybridized carbons (Fsp3) is 0.636. The average molecular weight is 226 g/mol. The van der Waals surface area contributed by atoms with E-state index < -0.39 is 12.0 Å². The molecule has 0 amide bonds. The fourth-order valence-electron chi connectivity index (χ4n) is 1.44. The minimum absolute atomic E-state index is 0.404. The highest BCUT2D eigenvalue weighted by Gasteiger charge is 2.16. The second-order valence-electron chi connectivity index (χ2n) is 3.85. The van der Waals surface area contributed by atoms with Gasteiger partial charge in [-0.25, -0.2) is 0 Å². The van der Waals surface area contributed by atoms with Crippen molar-refractivity contribution in [3.63, 3.8) is 0 Å². The van der Waals surface area contributed by atoms with Gasteiger partial charge in [-0.1, -0.05) is 24.9 Å². The number of unbranched alkanes of at least 4 members (excludes halogenated alkanes) is 1. The second-order valence-corrected chi connectivity index (χ2v) is 3.85. The van der Waals surface area contributed by atoms with E-state index in [2.05, 4.69) is 10.5 Å². The molecule has 0 bridgehead atoms. The van der Waals surface area contributed by atoms with Crippen molar-refractivity contribution in [1.29, 1.82) is 0 Å². The van der Waals surface area contributed by atoms with E-state index in [1.807, 2.05) is 13.8 Å². The Morgan fingerprint density at radius 2 is 2.44 bits per heavy atom. The number of hydrogen-bond acceptors (Lipinski definition) is 4. The van der Waals surface area contributed by atoms with Gasteiger partial charge >= 0.3 is 5.97 Å². The second kappa shape index (κ2) is 6.27. The highest BCUT2D eigenvalue weighted by molar-refractivity contribution is 5.73. The minimum atomic E-state index is -0.815. The van der Waals surface area contributed by atoms with Crippen LogP contribution in [0.3, 0.4) is 0 Å². The summed E-state index contributed by atoms with van der Waals surface area (Å²) in [6.45, 7) is 4.28. The van der Waals surface area contributed by atoms with Crippen molar-refractivity contribution in [2.45, 2.75) is 45.7 Å². The number of rotatable bonds is 7. The van der Waals surface area contributed by atoms with Gasteiger partial charge in [-0.15, -0.1) is 0 Å². The monoisotopic (exact) mass is 226 g/mol. The SMILES string of the molecule is CCCCC(NCc1cc(C)no1)C(=O)O. The predicted molar refractivity (Wildman–Crippen MR) is 59.0 cm³/mol. The quantitative estimate of drug-likeness (QED) is 0.740. The lowest BCUT2D eigenvalue weighted by atomic mass is 10.1. The largest absolute Gasteiger partial charge is 0.480 e. The summed E-state index contributed by atoms with van der Waals surface area (Å²) in [6, 6.07) is 1.29. The summed E-state index contributed by atoms with van der Waals surface area (Å²) in [5.41, 5.74) is 0.803. The zero-order valence-corrected chi connectivity index (χ0v) is 9.69. The van der Waals surface area contributed by atoms with Gasteiger partial charge in [-0.2, -0.15) is 0 Å². The van der Waals surface area contributed by atoms with Gasteiger partial charge in [-0.3, -0.25) is 10.1 Å².